The molecule has 1 nitrogen and oxygen atoms in total. The van der Waals surface area contributed by atoms with Crippen LogP contribution in [-0.2, 0) is 13.0 Å². The summed E-state index contributed by atoms with van der Waals surface area (Å²) in [6, 6.07) is 6.64. The average Bonchev–Trinajstić information content (AvgIpc) is 2.36. The Balaban J connectivity index is 2.25. The van der Waals surface area contributed by atoms with Crippen LogP contribution in [0.3, 0.4) is 0 Å². The van der Waals surface area contributed by atoms with Gasteiger partial charge in [-0.1, -0.05) is 43.9 Å². The van der Waals surface area contributed by atoms with Crippen molar-refractivity contribution in [2.75, 3.05) is 6.54 Å². The molecule has 1 aliphatic rings. The highest BCUT2D eigenvalue weighted by molar-refractivity contribution is 8.10. The lowest BCUT2D eigenvalue weighted by atomic mass is 9.94. The van der Waals surface area contributed by atoms with Crippen LogP contribution in [0.5, 0.6) is 0 Å². The number of rotatable bonds is 2. The second kappa shape index (κ2) is 5.23. The number of hydrogen-bond donors (Lipinski definition) is 1. The second-order valence-electron chi connectivity index (χ2n) is 4.39. The van der Waals surface area contributed by atoms with E-state index in [2.05, 4.69) is 49.2 Å². The molecule has 1 aliphatic heterocycles. The smallest absolute Gasteiger partial charge is 0.133 e. The van der Waals surface area contributed by atoms with E-state index in [1.54, 1.807) is 0 Å². The molecule has 3 heteroatoms. The van der Waals surface area contributed by atoms with Crippen molar-refractivity contribution in [1.29, 1.82) is 0 Å². The summed E-state index contributed by atoms with van der Waals surface area (Å²) in [5.74, 6) is 0. The topological polar surface area (TPSA) is 3.24 Å². The first-order chi connectivity index (χ1) is 8.11. The van der Waals surface area contributed by atoms with E-state index in [0.29, 0.717) is 4.32 Å². The third kappa shape index (κ3) is 2.72. The number of fused-ring (bicyclic) bond motifs is 1. The molecule has 90 valence electrons. The van der Waals surface area contributed by atoms with Crippen molar-refractivity contribution in [1.82, 2.24) is 4.90 Å². The van der Waals surface area contributed by atoms with E-state index < -0.39 is 0 Å². The monoisotopic (exact) mass is 263 g/mol. The molecule has 0 unspecified atom stereocenters. The second-order valence-corrected chi connectivity index (χ2v) is 5.51. The Morgan fingerprint density at radius 1 is 1.47 bits per heavy atom. The third-order valence-electron chi connectivity index (χ3n) is 3.32. The van der Waals surface area contributed by atoms with Crippen molar-refractivity contribution in [3.8, 4) is 0 Å². The third-order valence-corrected chi connectivity index (χ3v) is 3.87. The van der Waals surface area contributed by atoms with Gasteiger partial charge in [-0.3, -0.25) is 0 Å². The van der Waals surface area contributed by atoms with E-state index in [0.717, 1.165) is 25.9 Å². The maximum atomic E-state index is 5.11. The van der Waals surface area contributed by atoms with Gasteiger partial charge in [0.25, 0.3) is 0 Å². The SMILES string of the molecule is C=C(CC)c1ccc2c(c1)CCN(C(=S)S)C2. The van der Waals surface area contributed by atoms with E-state index >= 15 is 0 Å². The van der Waals surface area contributed by atoms with E-state index in [1.165, 1.54) is 22.3 Å². The molecule has 1 aromatic carbocycles. The zero-order valence-corrected chi connectivity index (χ0v) is 11.8. The predicted octanol–water partition coefficient (Wildman–Crippen LogP) is 3.68. The van der Waals surface area contributed by atoms with Crippen LogP contribution in [0.2, 0.25) is 0 Å². The van der Waals surface area contributed by atoms with Gasteiger partial charge in [-0.2, -0.15) is 0 Å². The molecule has 1 heterocycles. The maximum Gasteiger partial charge on any atom is 0.133 e. The van der Waals surface area contributed by atoms with E-state index in [-0.39, 0.29) is 0 Å². The molecule has 0 fully saturated rings. The molecule has 2 rings (SSSR count). The lowest BCUT2D eigenvalue weighted by Gasteiger charge is -2.29. The van der Waals surface area contributed by atoms with Gasteiger partial charge in [0.1, 0.15) is 4.32 Å². The lowest BCUT2D eigenvalue weighted by Crippen LogP contribution is -2.32. The molecule has 0 radical (unpaired) electrons. The average molecular weight is 263 g/mol. The van der Waals surface area contributed by atoms with Gasteiger partial charge < -0.3 is 4.90 Å². The highest BCUT2D eigenvalue weighted by Crippen LogP contribution is 2.24. The number of thiol groups is 1. The van der Waals surface area contributed by atoms with Crippen molar-refractivity contribution >= 4 is 34.7 Å². The quantitative estimate of drug-likeness (QED) is 0.640. The molecule has 0 amide bonds. The van der Waals surface area contributed by atoms with E-state index in [9.17, 15) is 0 Å². The van der Waals surface area contributed by atoms with Crippen LogP contribution in [0.1, 0.15) is 30.0 Å². The van der Waals surface area contributed by atoms with Crippen molar-refractivity contribution in [2.24, 2.45) is 0 Å². The Kier molecular flexibility index (Phi) is 3.89. The number of hydrogen-bond acceptors (Lipinski definition) is 1. The summed E-state index contributed by atoms with van der Waals surface area (Å²) >= 11 is 9.35. The summed E-state index contributed by atoms with van der Waals surface area (Å²) in [7, 11) is 0. The fraction of sp³-hybridized carbons (Fsp3) is 0.357. The molecule has 0 N–H and O–H groups in total. The first-order valence-electron chi connectivity index (χ1n) is 5.89. The molecule has 1 aromatic rings. The van der Waals surface area contributed by atoms with Gasteiger partial charge in [0.15, 0.2) is 0 Å². The standard InChI is InChI=1S/C14H17NS2/c1-3-10(2)11-4-5-13-9-15(14(16)17)7-6-12(13)8-11/h4-5,8H,2-3,6-7,9H2,1H3,(H,16,17). The Bertz CT molecular complexity index is 465. The summed E-state index contributed by atoms with van der Waals surface area (Å²) in [4.78, 5) is 2.13. The van der Waals surface area contributed by atoms with E-state index in [4.69, 9.17) is 12.2 Å². The van der Waals surface area contributed by atoms with Crippen LogP contribution in [0.4, 0.5) is 0 Å². The molecule has 17 heavy (non-hydrogen) atoms. The summed E-state index contributed by atoms with van der Waals surface area (Å²) in [6.07, 6.45) is 2.05. The van der Waals surface area contributed by atoms with Crippen LogP contribution in [-0.4, -0.2) is 15.8 Å². The largest absolute Gasteiger partial charge is 0.353 e. The number of allylic oxidation sites excluding steroid dienone is 1. The molecule has 0 saturated heterocycles. The van der Waals surface area contributed by atoms with Crippen molar-refractivity contribution in [3.63, 3.8) is 0 Å². The van der Waals surface area contributed by atoms with Gasteiger partial charge in [0.05, 0.1) is 0 Å². The molecule has 0 saturated carbocycles. The molecular formula is C14H17NS2. The van der Waals surface area contributed by atoms with Gasteiger partial charge in [-0.25, -0.2) is 0 Å². The van der Waals surface area contributed by atoms with Crippen LogP contribution in [0, 0.1) is 0 Å². The highest BCUT2D eigenvalue weighted by atomic mass is 32.1. The summed E-state index contributed by atoms with van der Waals surface area (Å²) in [5.41, 5.74) is 5.27. The predicted molar refractivity (Wildman–Crippen MR) is 81.5 cm³/mol. The molecule has 0 aromatic heterocycles. The zero-order valence-electron chi connectivity index (χ0n) is 10.1. The zero-order chi connectivity index (χ0) is 12.4. The number of benzene rings is 1. The molecular weight excluding hydrogens is 246 g/mol. The van der Waals surface area contributed by atoms with Gasteiger partial charge in [-0.05, 0) is 35.1 Å². The van der Waals surface area contributed by atoms with Crippen molar-refractivity contribution in [3.05, 3.63) is 41.5 Å². The summed E-state index contributed by atoms with van der Waals surface area (Å²) in [5, 5.41) is 0. The fourth-order valence-electron chi connectivity index (χ4n) is 2.14. The van der Waals surface area contributed by atoms with Crippen LogP contribution >= 0.6 is 24.8 Å². The minimum absolute atomic E-state index is 0.692. The first kappa shape index (κ1) is 12.7. The molecule has 0 bridgehead atoms. The molecule has 0 atom stereocenters. The van der Waals surface area contributed by atoms with Crippen molar-refractivity contribution < 1.29 is 0 Å². The van der Waals surface area contributed by atoms with Gasteiger partial charge >= 0.3 is 0 Å². The Morgan fingerprint density at radius 2 is 2.24 bits per heavy atom. The lowest BCUT2D eigenvalue weighted by molar-refractivity contribution is 0.407. The number of thiocarbonyl (C=S) groups is 1. The van der Waals surface area contributed by atoms with Gasteiger partial charge in [-0.15, -0.1) is 12.6 Å². The highest BCUT2D eigenvalue weighted by Gasteiger charge is 2.17. The molecule has 0 spiro atoms. The van der Waals surface area contributed by atoms with Crippen LogP contribution < -0.4 is 0 Å². The summed E-state index contributed by atoms with van der Waals surface area (Å²) in [6.45, 7) is 8.09. The number of nitrogens with zero attached hydrogens (tertiary/aromatic N) is 1. The van der Waals surface area contributed by atoms with E-state index in [1.807, 2.05) is 0 Å². The van der Waals surface area contributed by atoms with Gasteiger partial charge in [0.2, 0.25) is 0 Å². The minimum atomic E-state index is 0.692. The Morgan fingerprint density at radius 3 is 2.88 bits per heavy atom. The van der Waals surface area contributed by atoms with Crippen LogP contribution in [0.15, 0.2) is 24.8 Å². The Labute approximate surface area is 114 Å². The fourth-order valence-corrected chi connectivity index (χ4v) is 2.47. The summed E-state index contributed by atoms with van der Waals surface area (Å²) < 4.78 is 0.692. The molecule has 0 aliphatic carbocycles. The van der Waals surface area contributed by atoms with Crippen LogP contribution in [0.25, 0.3) is 5.57 Å². The maximum absolute atomic E-state index is 5.11. The Hall–Kier alpha value is -0.800. The normalized spacial score (nSPS) is 14.4. The minimum Gasteiger partial charge on any atom is -0.353 e. The van der Waals surface area contributed by atoms with Crippen molar-refractivity contribution in [2.45, 2.75) is 26.3 Å². The van der Waals surface area contributed by atoms with Gasteiger partial charge in [0, 0.05) is 13.1 Å². The first-order valence-corrected chi connectivity index (χ1v) is 6.75.